The van der Waals surface area contributed by atoms with Gasteiger partial charge in [0.1, 0.15) is 18.2 Å². The number of aliphatic hydroxyl groups is 1. The van der Waals surface area contributed by atoms with Crippen molar-refractivity contribution in [3.8, 4) is 17.1 Å². The lowest BCUT2D eigenvalue weighted by molar-refractivity contribution is -0.198. The third-order valence-electron chi connectivity index (χ3n) is 12.6. The van der Waals surface area contributed by atoms with Crippen molar-refractivity contribution in [1.82, 2.24) is 39.7 Å². The van der Waals surface area contributed by atoms with Crippen LogP contribution in [0.15, 0.2) is 42.9 Å². The summed E-state index contributed by atoms with van der Waals surface area (Å²) in [5.41, 5.74) is 3.84. The van der Waals surface area contributed by atoms with Gasteiger partial charge in [-0.3, -0.25) is 24.4 Å². The molecule has 1 amide bonds. The Morgan fingerprint density at radius 3 is 2.53 bits per heavy atom. The number of carbonyl (C=O) groups is 1. The zero-order valence-electron chi connectivity index (χ0n) is 28.8. The van der Waals surface area contributed by atoms with Gasteiger partial charge in [-0.2, -0.15) is 10.2 Å². The van der Waals surface area contributed by atoms with E-state index in [4.69, 9.17) is 4.74 Å². The molecule has 12 nitrogen and oxygen atoms in total. The lowest BCUT2D eigenvalue weighted by Crippen LogP contribution is -2.68. The van der Waals surface area contributed by atoms with E-state index in [1.165, 1.54) is 19.3 Å². The Morgan fingerprint density at radius 2 is 1.82 bits per heavy atom. The van der Waals surface area contributed by atoms with Crippen LogP contribution in [0.4, 0.5) is 5.69 Å². The highest BCUT2D eigenvalue weighted by molar-refractivity contribution is 6.03. The van der Waals surface area contributed by atoms with Crippen LogP contribution in [-0.2, 0) is 17.3 Å². The van der Waals surface area contributed by atoms with E-state index in [2.05, 4.69) is 41.1 Å². The number of piperidine rings is 1. The van der Waals surface area contributed by atoms with Crippen molar-refractivity contribution in [1.29, 1.82) is 0 Å². The lowest BCUT2D eigenvalue weighted by atomic mass is 9.31. The molecule has 3 saturated heterocycles. The molecule has 6 fully saturated rings. The topological polar surface area (TPSA) is 129 Å². The Labute approximate surface area is 286 Å². The number of β-amino-alcohol motifs (C(OH)–C–C–N with tert-alkyl or cyclic N) is 1. The number of benzene rings is 1. The number of fused-ring (bicyclic) bond motifs is 1. The highest BCUT2D eigenvalue weighted by Crippen LogP contribution is 2.76. The van der Waals surface area contributed by atoms with Crippen molar-refractivity contribution in [2.45, 2.75) is 76.5 Å². The van der Waals surface area contributed by atoms with Crippen LogP contribution in [0.2, 0.25) is 0 Å². The first-order chi connectivity index (χ1) is 23.6. The molecule has 2 atom stereocenters. The van der Waals surface area contributed by atoms with E-state index < -0.39 is 6.23 Å². The van der Waals surface area contributed by atoms with Crippen molar-refractivity contribution in [3.05, 3.63) is 48.7 Å². The number of H-pyrrole nitrogens is 1. The van der Waals surface area contributed by atoms with Gasteiger partial charge in [0, 0.05) is 74.1 Å². The maximum atomic E-state index is 14.1. The molecule has 6 aliphatic rings. The molecule has 1 spiro atoms. The summed E-state index contributed by atoms with van der Waals surface area (Å²) in [6.45, 7) is 8.69. The predicted octanol–water partition coefficient (Wildman–Crippen LogP) is 4.12. The smallest absolute Gasteiger partial charge is 0.234 e. The normalized spacial score (nSPS) is 29.7. The number of aryl methyl sites for hydroxylation is 1. The van der Waals surface area contributed by atoms with Crippen molar-refractivity contribution < 1.29 is 14.6 Å². The first-order valence-electron chi connectivity index (χ1n) is 18.1. The SMILES string of the molecule is CC(C)Oc1ccc(-c2n[nH]c3ccc(N4CC[C@]5(CCN(C[C@H](O)N6CCC(C78CC(c9ncn(C)n9)(C7)C8)CC6)C5)C4=O)cc23)cn1. The molecule has 0 radical (unpaired) electrons. The molecule has 0 unspecified atom stereocenters. The molecule has 6 heterocycles. The molecule has 4 aromatic rings. The Balaban J connectivity index is 0.801. The molecule has 12 heteroatoms. The van der Waals surface area contributed by atoms with Crippen LogP contribution in [0.5, 0.6) is 5.88 Å². The Bertz CT molecular complexity index is 1860. The van der Waals surface area contributed by atoms with Crippen LogP contribution in [0.1, 0.15) is 64.6 Å². The van der Waals surface area contributed by atoms with E-state index in [1.807, 2.05) is 61.1 Å². The molecular formula is C37H47N9O3. The summed E-state index contributed by atoms with van der Waals surface area (Å²) in [5, 5.41) is 24.6. The number of aliphatic hydroxyl groups excluding tert-OH is 1. The number of aromatic nitrogens is 6. The zero-order chi connectivity index (χ0) is 33.5. The number of amides is 1. The summed E-state index contributed by atoms with van der Waals surface area (Å²) in [4.78, 5) is 29.6. The molecule has 3 saturated carbocycles. The van der Waals surface area contributed by atoms with Gasteiger partial charge in [-0.1, -0.05) is 0 Å². The molecule has 2 N–H and O–H groups in total. The van der Waals surface area contributed by atoms with Crippen molar-refractivity contribution >= 4 is 22.5 Å². The van der Waals surface area contributed by atoms with Gasteiger partial charge >= 0.3 is 0 Å². The molecule has 258 valence electrons. The number of pyridine rings is 1. The van der Waals surface area contributed by atoms with Crippen LogP contribution < -0.4 is 9.64 Å². The minimum Gasteiger partial charge on any atom is -0.475 e. The number of aromatic amines is 1. The summed E-state index contributed by atoms with van der Waals surface area (Å²) in [7, 11) is 1.95. The Kier molecular flexibility index (Phi) is 7.20. The Morgan fingerprint density at radius 1 is 1.02 bits per heavy atom. The van der Waals surface area contributed by atoms with E-state index in [9.17, 15) is 9.90 Å². The average Bonchev–Trinajstić information content (AvgIpc) is 3.84. The second-order valence-electron chi connectivity index (χ2n) is 16.0. The molecule has 10 rings (SSSR count). The highest BCUT2D eigenvalue weighted by atomic mass is 16.5. The Hall–Kier alpha value is -3.87. The number of hydrogen-bond acceptors (Lipinski definition) is 9. The molecule has 2 bridgehead atoms. The highest BCUT2D eigenvalue weighted by Gasteiger charge is 2.72. The molecular weight excluding hydrogens is 618 g/mol. The maximum Gasteiger partial charge on any atom is 0.234 e. The van der Waals surface area contributed by atoms with Crippen molar-refractivity contribution in [2.24, 2.45) is 23.8 Å². The monoisotopic (exact) mass is 665 g/mol. The number of rotatable bonds is 9. The second-order valence-corrected chi connectivity index (χ2v) is 16.0. The number of carbonyl (C=O) groups excluding carboxylic acids is 1. The maximum absolute atomic E-state index is 14.1. The van der Waals surface area contributed by atoms with E-state index in [1.54, 1.807) is 6.20 Å². The van der Waals surface area contributed by atoms with Crippen LogP contribution in [0.3, 0.4) is 0 Å². The summed E-state index contributed by atoms with van der Waals surface area (Å²) in [5.74, 6) is 2.56. The largest absolute Gasteiger partial charge is 0.475 e. The fourth-order valence-corrected chi connectivity index (χ4v) is 10.1. The van der Waals surface area contributed by atoms with E-state index >= 15 is 0 Å². The number of nitrogens with one attached hydrogen (secondary N) is 1. The lowest BCUT2D eigenvalue weighted by Gasteiger charge is -2.73. The van der Waals surface area contributed by atoms with Crippen LogP contribution >= 0.6 is 0 Å². The minimum absolute atomic E-state index is 0.0565. The zero-order valence-corrected chi connectivity index (χ0v) is 28.8. The van der Waals surface area contributed by atoms with Gasteiger partial charge in [0.2, 0.25) is 11.8 Å². The molecule has 3 aliphatic carbocycles. The minimum atomic E-state index is -0.497. The number of likely N-dealkylation sites (tertiary alicyclic amines) is 2. The van der Waals surface area contributed by atoms with Crippen molar-refractivity contribution in [3.63, 3.8) is 0 Å². The van der Waals surface area contributed by atoms with Crippen LogP contribution in [0, 0.1) is 16.7 Å². The van der Waals surface area contributed by atoms with E-state index in [0.29, 0.717) is 30.9 Å². The van der Waals surface area contributed by atoms with Crippen LogP contribution in [-0.4, -0.2) is 102 Å². The third-order valence-corrected chi connectivity index (χ3v) is 12.6. The summed E-state index contributed by atoms with van der Waals surface area (Å²) >= 11 is 0. The fraction of sp³-hybridized carbons (Fsp3) is 0.595. The first kappa shape index (κ1) is 31.1. The summed E-state index contributed by atoms with van der Waals surface area (Å²) < 4.78 is 7.53. The summed E-state index contributed by atoms with van der Waals surface area (Å²) in [6, 6.07) is 9.94. The van der Waals surface area contributed by atoms with Gasteiger partial charge in [-0.05, 0) is 101 Å². The number of nitrogens with zero attached hydrogens (tertiary/aromatic N) is 8. The first-order valence-corrected chi connectivity index (χ1v) is 18.1. The molecule has 1 aromatic carbocycles. The van der Waals surface area contributed by atoms with Gasteiger partial charge in [0.05, 0.1) is 17.0 Å². The standard InChI is InChI=1S/C37H47N9O3/c1-24(2)49-30-7-4-25(17-38-30)32-28-16-27(5-6-29(28)40-41-32)46-15-11-35(34(46)48)10-14-44(22-35)18-31(47)45-12-8-26(9-13-45)36-19-37(20-36,21-36)33-39-23-43(3)42-33/h4-7,16-17,23-24,26,31,47H,8-15,18-22H2,1-3H3,(H,40,41)/t31-,35-,36?,37?/m0/s1. The van der Waals surface area contributed by atoms with Gasteiger partial charge in [-0.15, -0.1) is 0 Å². The van der Waals surface area contributed by atoms with Crippen molar-refractivity contribution in [2.75, 3.05) is 44.2 Å². The fourth-order valence-electron chi connectivity index (χ4n) is 10.1. The van der Waals surface area contributed by atoms with Gasteiger partial charge in [0.15, 0.2) is 5.82 Å². The van der Waals surface area contributed by atoms with Gasteiger partial charge in [0.25, 0.3) is 0 Å². The van der Waals surface area contributed by atoms with E-state index in [-0.39, 0.29) is 22.8 Å². The van der Waals surface area contributed by atoms with Gasteiger partial charge < -0.3 is 14.7 Å². The average molecular weight is 666 g/mol. The predicted molar refractivity (Wildman–Crippen MR) is 185 cm³/mol. The summed E-state index contributed by atoms with van der Waals surface area (Å²) in [6.07, 6.45) is 10.8. The second kappa shape index (κ2) is 11.3. The molecule has 3 aromatic heterocycles. The number of ether oxygens (including phenoxy) is 1. The molecule has 49 heavy (non-hydrogen) atoms. The number of anilines is 1. The van der Waals surface area contributed by atoms with E-state index in [0.717, 1.165) is 84.9 Å². The third kappa shape index (κ3) is 5.08. The quantitative estimate of drug-likeness (QED) is 0.271. The van der Waals surface area contributed by atoms with Crippen LogP contribution in [0.25, 0.3) is 22.2 Å². The molecule has 3 aliphatic heterocycles. The number of hydrogen-bond donors (Lipinski definition) is 2. The van der Waals surface area contributed by atoms with Gasteiger partial charge in [-0.25, -0.2) is 9.97 Å².